The van der Waals surface area contributed by atoms with Crippen molar-refractivity contribution < 1.29 is 0 Å². The molecule has 1 aromatic carbocycles. The molecule has 1 N–H and O–H groups in total. The first kappa shape index (κ1) is 14.0. The first-order valence-corrected chi connectivity index (χ1v) is 7.64. The Labute approximate surface area is 137 Å². The summed E-state index contributed by atoms with van der Waals surface area (Å²) in [6.45, 7) is 3.88. The van der Waals surface area contributed by atoms with Crippen molar-refractivity contribution in [3.05, 3.63) is 46.9 Å². The molecule has 0 fully saturated rings. The molecule has 0 aliphatic carbocycles. The van der Waals surface area contributed by atoms with Crippen molar-refractivity contribution in [2.75, 3.05) is 0 Å². The topological polar surface area (TPSA) is 64.3 Å². The van der Waals surface area contributed by atoms with Gasteiger partial charge in [-0.05, 0) is 26.0 Å². The van der Waals surface area contributed by atoms with Gasteiger partial charge in [-0.25, -0.2) is 9.67 Å². The summed E-state index contributed by atoms with van der Waals surface area (Å²) in [4.78, 5) is 8.06. The van der Waals surface area contributed by atoms with Crippen LogP contribution in [0.4, 0.5) is 0 Å². The second kappa shape index (κ2) is 4.96. The monoisotopic (exact) mass is 326 g/mol. The fourth-order valence-electron chi connectivity index (χ4n) is 2.78. The van der Waals surface area contributed by atoms with Gasteiger partial charge in [0.2, 0.25) is 0 Å². The van der Waals surface area contributed by atoms with Crippen LogP contribution in [-0.2, 0) is 7.05 Å². The smallest absolute Gasteiger partial charge is 0.181 e. The summed E-state index contributed by atoms with van der Waals surface area (Å²) in [5.41, 5.74) is 5.21. The summed E-state index contributed by atoms with van der Waals surface area (Å²) in [7, 11) is 1.82. The Kier molecular flexibility index (Phi) is 3.02. The van der Waals surface area contributed by atoms with Crippen molar-refractivity contribution in [2.24, 2.45) is 7.05 Å². The molecule has 0 atom stereocenters. The van der Waals surface area contributed by atoms with Crippen molar-refractivity contribution in [2.45, 2.75) is 13.8 Å². The molecule has 23 heavy (non-hydrogen) atoms. The van der Waals surface area contributed by atoms with Crippen LogP contribution in [0.15, 0.2) is 30.3 Å². The highest BCUT2D eigenvalue weighted by Gasteiger charge is 2.20. The Morgan fingerprint density at radius 1 is 1.04 bits per heavy atom. The number of rotatable bonds is 2. The molecule has 0 unspecified atom stereocenters. The normalized spacial score (nSPS) is 11.5. The molecular weight excluding hydrogens is 312 g/mol. The summed E-state index contributed by atoms with van der Waals surface area (Å²) >= 11 is 6.36. The first-order chi connectivity index (χ1) is 11.1. The second-order valence-corrected chi connectivity index (χ2v) is 5.85. The number of nitrogens with zero attached hydrogens (tertiary/aromatic N) is 5. The van der Waals surface area contributed by atoms with E-state index in [1.807, 2.05) is 55.9 Å². The van der Waals surface area contributed by atoms with Crippen LogP contribution in [0.25, 0.3) is 28.2 Å². The third kappa shape index (κ3) is 2.06. The number of aromatic nitrogens is 6. The highest BCUT2D eigenvalue weighted by molar-refractivity contribution is 6.32. The lowest BCUT2D eigenvalue weighted by Gasteiger charge is -2.00. The van der Waals surface area contributed by atoms with E-state index in [9.17, 15) is 0 Å². The Bertz CT molecular complexity index is 1010. The van der Waals surface area contributed by atoms with Gasteiger partial charge in [-0.1, -0.05) is 29.8 Å². The van der Waals surface area contributed by atoms with Gasteiger partial charge in [-0.15, -0.1) is 0 Å². The summed E-state index contributed by atoms with van der Waals surface area (Å²) in [6.07, 6.45) is 0. The molecule has 0 bridgehead atoms. The van der Waals surface area contributed by atoms with E-state index in [1.54, 1.807) is 4.68 Å². The third-order valence-corrected chi connectivity index (χ3v) is 4.32. The summed E-state index contributed by atoms with van der Waals surface area (Å²) in [6, 6.07) is 9.94. The molecule has 0 aliphatic heterocycles. The molecule has 3 heterocycles. The number of imidazole rings is 1. The zero-order chi connectivity index (χ0) is 16.1. The van der Waals surface area contributed by atoms with Gasteiger partial charge in [0.15, 0.2) is 5.65 Å². The zero-order valence-electron chi connectivity index (χ0n) is 13.0. The van der Waals surface area contributed by atoms with E-state index in [0.29, 0.717) is 11.0 Å². The van der Waals surface area contributed by atoms with Gasteiger partial charge in [0.05, 0.1) is 22.6 Å². The fraction of sp³-hybridized carbons (Fsp3) is 0.188. The van der Waals surface area contributed by atoms with Crippen molar-refractivity contribution in [3.63, 3.8) is 0 Å². The lowest BCUT2D eigenvalue weighted by atomic mass is 10.2. The highest BCUT2D eigenvalue weighted by atomic mass is 35.5. The Morgan fingerprint density at radius 2 is 1.78 bits per heavy atom. The number of aromatic amines is 1. The minimum absolute atomic E-state index is 0.566. The number of H-pyrrole nitrogens is 1. The maximum atomic E-state index is 6.36. The van der Waals surface area contributed by atoms with Gasteiger partial charge in [-0.3, -0.25) is 4.68 Å². The Hall–Kier alpha value is -2.60. The standard InChI is InChI=1S/C16H15ClN6/c1-9-12(14(17)22(3)20-9)15-18-13-10(2)21-23(16(13)19-15)11-7-5-4-6-8-11/h4-8H,1-3H3,(H,18,19). The largest absolute Gasteiger partial charge is 0.335 e. The molecule has 4 aromatic rings. The molecule has 0 radical (unpaired) electrons. The predicted molar refractivity (Wildman–Crippen MR) is 89.9 cm³/mol. The van der Waals surface area contributed by atoms with E-state index in [-0.39, 0.29) is 0 Å². The zero-order valence-corrected chi connectivity index (χ0v) is 13.8. The number of halogens is 1. The average Bonchev–Trinajstić information content (AvgIpc) is 3.16. The van der Waals surface area contributed by atoms with Crippen LogP contribution in [0.1, 0.15) is 11.4 Å². The maximum absolute atomic E-state index is 6.36. The molecule has 7 heteroatoms. The molecule has 6 nitrogen and oxygen atoms in total. The second-order valence-electron chi connectivity index (χ2n) is 5.49. The molecule has 0 saturated heterocycles. The van der Waals surface area contributed by atoms with Gasteiger partial charge < -0.3 is 4.98 Å². The van der Waals surface area contributed by atoms with Crippen molar-refractivity contribution in [3.8, 4) is 17.1 Å². The van der Waals surface area contributed by atoms with Crippen LogP contribution in [-0.4, -0.2) is 29.5 Å². The SMILES string of the molecule is Cc1nn(C)c(Cl)c1-c1nc2c([nH]1)c(C)nn2-c1ccccc1. The average molecular weight is 327 g/mol. The van der Waals surface area contributed by atoms with Crippen molar-refractivity contribution >= 4 is 22.8 Å². The van der Waals surface area contributed by atoms with Gasteiger partial charge in [0, 0.05) is 7.05 Å². The van der Waals surface area contributed by atoms with Gasteiger partial charge in [0.25, 0.3) is 0 Å². The molecule has 0 aliphatic rings. The minimum Gasteiger partial charge on any atom is -0.335 e. The molecule has 0 amide bonds. The number of hydrogen-bond donors (Lipinski definition) is 1. The number of nitrogens with one attached hydrogen (secondary N) is 1. The predicted octanol–water partition coefficient (Wildman–Crippen LogP) is 3.42. The minimum atomic E-state index is 0.566. The van der Waals surface area contributed by atoms with E-state index >= 15 is 0 Å². The number of fused-ring (bicyclic) bond motifs is 1. The number of para-hydroxylation sites is 1. The molecular formula is C16H15ClN6. The van der Waals surface area contributed by atoms with Crippen molar-refractivity contribution in [1.82, 2.24) is 29.5 Å². The third-order valence-electron chi connectivity index (χ3n) is 3.89. The van der Waals surface area contributed by atoms with E-state index in [4.69, 9.17) is 16.6 Å². The highest BCUT2D eigenvalue weighted by Crippen LogP contribution is 2.31. The number of hydrogen-bond acceptors (Lipinski definition) is 3. The summed E-state index contributed by atoms with van der Waals surface area (Å²) in [5, 5.41) is 9.49. The maximum Gasteiger partial charge on any atom is 0.181 e. The Morgan fingerprint density at radius 3 is 2.43 bits per heavy atom. The summed E-state index contributed by atoms with van der Waals surface area (Å²) < 4.78 is 3.49. The quantitative estimate of drug-likeness (QED) is 0.614. The fourth-order valence-corrected chi connectivity index (χ4v) is 3.05. The van der Waals surface area contributed by atoms with Gasteiger partial charge in [-0.2, -0.15) is 10.2 Å². The van der Waals surface area contributed by atoms with Gasteiger partial charge >= 0.3 is 0 Å². The van der Waals surface area contributed by atoms with E-state index in [2.05, 4.69) is 15.2 Å². The van der Waals surface area contributed by atoms with E-state index in [1.165, 1.54) is 0 Å². The van der Waals surface area contributed by atoms with Crippen LogP contribution in [0, 0.1) is 13.8 Å². The summed E-state index contributed by atoms with van der Waals surface area (Å²) in [5.74, 6) is 0.709. The lowest BCUT2D eigenvalue weighted by Crippen LogP contribution is -1.97. The van der Waals surface area contributed by atoms with E-state index < -0.39 is 0 Å². The molecule has 116 valence electrons. The van der Waals surface area contributed by atoms with Gasteiger partial charge in [0.1, 0.15) is 16.5 Å². The number of aryl methyl sites for hydroxylation is 3. The molecule has 3 aromatic heterocycles. The molecule has 0 spiro atoms. The van der Waals surface area contributed by atoms with Crippen LogP contribution in [0.5, 0.6) is 0 Å². The molecule has 0 saturated carbocycles. The van der Waals surface area contributed by atoms with Crippen LogP contribution < -0.4 is 0 Å². The van der Waals surface area contributed by atoms with E-state index in [0.717, 1.165) is 33.8 Å². The first-order valence-electron chi connectivity index (χ1n) is 7.26. The number of benzene rings is 1. The van der Waals surface area contributed by atoms with Crippen LogP contribution >= 0.6 is 11.6 Å². The lowest BCUT2D eigenvalue weighted by molar-refractivity contribution is 0.757. The molecule has 4 rings (SSSR count). The Balaban J connectivity index is 1.96. The van der Waals surface area contributed by atoms with Crippen LogP contribution in [0.2, 0.25) is 5.15 Å². The van der Waals surface area contributed by atoms with Crippen molar-refractivity contribution in [1.29, 1.82) is 0 Å². The van der Waals surface area contributed by atoms with Crippen LogP contribution in [0.3, 0.4) is 0 Å².